The standard InChI is InChI=1S/C21H31BrN2O5S2/c1-15(2)13-24(18-8-11-30(26,27)14-18)21(25)17-4-5-19(22)20(12-17)31(28,29)23-9-6-16(3)7-10-23/h4-5,12,15-16,18H,6-11,13-14H2,1-3H3/t18-/m1/s1. The molecule has 0 spiro atoms. The predicted octanol–water partition coefficient (Wildman–Crippen LogP) is 3.16. The van der Waals surface area contributed by atoms with E-state index in [0.29, 0.717) is 36.4 Å². The molecule has 1 amide bonds. The van der Waals surface area contributed by atoms with Crippen LogP contribution in [0.5, 0.6) is 0 Å². The lowest BCUT2D eigenvalue weighted by molar-refractivity contribution is 0.0672. The van der Waals surface area contributed by atoms with E-state index in [-0.39, 0.29) is 39.8 Å². The molecule has 0 aromatic heterocycles. The molecule has 0 bridgehead atoms. The molecular formula is C21H31BrN2O5S2. The van der Waals surface area contributed by atoms with Gasteiger partial charge in [0.1, 0.15) is 0 Å². The SMILES string of the molecule is CC(C)CN(C(=O)c1ccc(Br)c(S(=O)(=O)N2CCC(C)CC2)c1)[C@@H]1CCS(=O)(=O)C1. The Bertz CT molecular complexity index is 1030. The zero-order valence-electron chi connectivity index (χ0n) is 18.3. The van der Waals surface area contributed by atoms with Crippen LogP contribution in [0.15, 0.2) is 27.6 Å². The third-order valence-electron chi connectivity index (χ3n) is 6.01. The first-order valence-electron chi connectivity index (χ1n) is 10.7. The summed E-state index contributed by atoms with van der Waals surface area (Å²) in [6.07, 6.45) is 2.04. The van der Waals surface area contributed by atoms with Crippen molar-refractivity contribution in [2.75, 3.05) is 31.1 Å². The van der Waals surface area contributed by atoms with Crippen molar-refractivity contribution >= 4 is 41.7 Å². The summed E-state index contributed by atoms with van der Waals surface area (Å²) in [6, 6.07) is 4.23. The van der Waals surface area contributed by atoms with E-state index in [1.807, 2.05) is 13.8 Å². The van der Waals surface area contributed by atoms with Crippen LogP contribution in [-0.4, -0.2) is 69.1 Å². The highest BCUT2D eigenvalue weighted by Crippen LogP contribution is 2.30. The molecule has 2 heterocycles. The first-order valence-corrected chi connectivity index (χ1v) is 14.8. The van der Waals surface area contributed by atoms with Gasteiger partial charge in [0.15, 0.2) is 9.84 Å². The van der Waals surface area contributed by atoms with Gasteiger partial charge in [-0.05, 0) is 65.2 Å². The van der Waals surface area contributed by atoms with Gasteiger partial charge in [-0.2, -0.15) is 4.31 Å². The molecule has 1 atom stereocenters. The lowest BCUT2D eigenvalue weighted by Gasteiger charge is -2.31. The van der Waals surface area contributed by atoms with Gasteiger partial charge >= 0.3 is 0 Å². The number of piperidine rings is 1. The molecule has 0 unspecified atom stereocenters. The summed E-state index contributed by atoms with van der Waals surface area (Å²) < 4.78 is 52.4. The Balaban J connectivity index is 1.92. The van der Waals surface area contributed by atoms with Crippen molar-refractivity contribution in [1.82, 2.24) is 9.21 Å². The molecule has 2 aliphatic heterocycles. The van der Waals surface area contributed by atoms with E-state index in [9.17, 15) is 21.6 Å². The summed E-state index contributed by atoms with van der Waals surface area (Å²) >= 11 is 3.34. The number of nitrogens with zero attached hydrogens (tertiary/aromatic N) is 2. The summed E-state index contributed by atoms with van der Waals surface area (Å²) in [5.41, 5.74) is 0.261. The molecule has 10 heteroatoms. The number of halogens is 1. The highest BCUT2D eigenvalue weighted by molar-refractivity contribution is 9.10. The number of amides is 1. The van der Waals surface area contributed by atoms with Gasteiger partial charge in [0.05, 0.1) is 16.4 Å². The van der Waals surface area contributed by atoms with Crippen LogP contribution in [0.3, 0.4) is 0 Å². The Morgan fingerprint density at radius 1 is 1.23 bits per heavy atom. The molecule has 1 aromatic rings. The zero-order chi connectivity index (χ0) is 23.0. The Kier molecular flexibility index (Phi) is 7.55. The van der Waals surface area contributed by atoms with Crippen LogP contribution in [0, 0.1) is 11.8 Å². The molecule has 0 radical (unpaired) electrons. The van der Waals surface area contributed by atoms with Gasteiger partial charge in [0.2, 0.25) is 10.0 Å². The molecule has 0 saturated carbocycles. The molecular weight excluding hydrogens is 504 g/mol. The monoisotopic (exact) mass is 534 g/mol. The lowest BCUT2D eigenvalue weighted by Crippen LogP contribution is -2.43. The Hall–Kier alpha value is -0.970. The van der Waals surface area contributed by atoms with Crippen LogP contribution in [-0.2, 0) is 19.9 Å². The first kappa shape index (κ1) is 24.7. The summed E-state index contributed by atoms with van der Waals surface area (Å²) in [5.74, 6) is 0.356. The van der Waals surface area contributed by atoms with Crippen molar-refractivity contribution < 1.29 is 21.6 Å². The Morgan fingerprint density at radius 2 is 1.87 bits per heavy atom. The topological polar surface area (TPSA) is 91.8 Å². The minimum atomic E-state index is -3.74. The molecule has 2 fully saturated rings. The average Bonchev–Trinajstić information content (AvgIpc) is 3.05. The number of sulfone groups is 1. The molecule has 1 aromatic carbocycles. The van der Waals surface area contributed by atoms with Gasteiger partial charge in [-0.3, -0.25) is 4.79 Å². The van der Waals surface area contributed by atoms with Crippen LogP contribution in [0.25, 0.3) is 0 Å². The molecule has 174 valence electrons. The number of rotatable bonds is 6. The van der Waals surface area contributed by atoms with Crippen LogP contribution in [0.4, 0.5) is 0 Å². The van der Waals surface area contributed by atoms with Gasteiger partial charge in [-0.15, -0.1) is 0 Å². The van der Waals surface area contributed by atoms with Crippen LogP contribution in [0.1, 0.15) is 50.4 Å². The fraction of sp³-hybridized carbons (Fsp3) is 0.667. The van der Waals surface area contributed by atoms with Crippen molar-refractivity contribution in [3.8, 4) is 0 Å². The van der Waals surface area contributed by atoms with Crippen molar-refractivity contribution in [2.45, 2.75) is 51.0 Å². The van der Waals surface area contributed by atoms with Gasteiger partial charge < -0.3 is 4.90 Å². The Morgan fingerprint density at radius 3 is 2.42 bits per heavy atom. The minimum Gasteiger partial charge on any atom is -0.334 e. The predicted molar refractivity (Wildman–Crippen MR) is 124 cm³/mol. The lowest BCUT2D eigenvalue weighted by atomic mass is 10.0. The quantitative estimate of drug-likeness (QED) is 0.558. The van der Waals surface area contributed by atoms with Gasteiger partial charge in [0.25, 0.3) is 5.91 Å². The molecule has 31 heavy (non-hydrogen) atoms. The number of sulfonamides is 1. The fourth-order valence-electron chi connectivity index (χ4n) is 4.18. The van der Waals surface area contributed by atoms with E-state index in [1.54, 1.807) is 17.0 Å². The van der Waals surface area contributed by atoms with Gasteiger partial charge in [0, 0.05) is 35.7 Å². The van der Waals surface area contributed by atoms with Crippen molar-refractivity contribution in [3.63, 3.8) is 0 Å². The zero-order valence-corrected chi connectivity index (χ0v) is 21.5. The number of carbonyl (C=O) groups is 1. The molecule has 0 aliphatic carbocycles. The van der Waals surface area contributed by atoms with E-state index in [1.165, 1.54) is 10.4 Å². The summed E-state index contributed by atoms with van der Waals surface area (Å²) in [5, 5.41) is 0. The smallest absolute Gasteiger partial charge is 0.254 e. The van der Waals surface area contributed by atoms with Crippen LogP contribution in [0.2, 0.25) is 0 Å². The van der Waals surface area contributed by atoms with E-state index in [0.717, 1.165) is 12.8 Å². The largest absolute Gasteiger partial charge is 0.334 e. The van der Waals surface area contributed by atoms with E-state index >= 15 is 0 Å². The van der Waals surface area contributed by atoms with Crippen molar-refractivity contribution in [2.24, 2.45) is 11.8 Å². The number of hydrogen-bond donors (Lipinski definition) is 0. The third-order valence-corrected chi connectivity index (χ3v) is 10.7. The summed E-state index contributed by atoms with van der Waals surface area (Å²) in [6.45, 7) is 7.41. The number of hydrogen-bond acceptors (Lipinski definition) is 5. The molecule has 2 aliphatic rings. The fourth-order valence-corrected chi connectivity index (χ4v) is 8.33. The second-order valence-electron chi connectivity index (χ2n) is 9.14. The van der Waals surface area contributed by atoms with Gasteiger partial charge in [-0.25, -0.2) is 16.8 Å². The maximum Gasteiger partial charge on any atom is 0.254 e. The molecule has 7 nitrogen and oxygen atoms in total. The van der Waals surface area contributed by atoms with Crippen molar-refractivity contribution in [1.29, 1.82) is 0 Å². The highest BCUT2D eigenvalue weighted by atomic mass is 79.9. The molecule has 2 saturated heterocycles. The second kappa shape index (κ2) is 9.49. The highest BCUT2D eigenvalue weighted by Gasteiger charge is 2.36. The summed E-state index contributed by atoms with van der Waals surface area (Å²) in [7, 11) is -6.89. The normalized spacial score (nSPS) is 22.7. The second-order valence-corrected chi connectivity index (χ2v) is 14.1. The summed E-state index contributed by atoms with van der Waals surface area (Å²) in [4.78, 5) is 15.1. The first-order chi connectivity index (χ1) is 14.4. The van der Waals surface area contributed by atoms with Crippen LogP contribution >= 0.6 is 15.9 Å². The number of benzene rings is 1. The maximum atomic E-state index is 13.4. The molecule has 0 N–H and O–H groups in total. The van der Waals surface area contributed by atoms with E-state index in [4.69, 9.17) is 0 Å². The Labute approximate surface area is 194 Å². The third kappa shape index (κ3) is 5.69. The number of carbonyl (C=O) groups excluding carboxylic acids is 1. The van der Waals surface area contributed by atoms with Crippen LogP contribution < -0.4 is 0 Å². The van der Waals surface area contributed by atoms with E-state index in [2.05, 4.69) is 22.9 Å². The van der Waals surface area contributed by atoms with Crippen molar-refractivity contribution in [3.05, 3.63) is 28.2 Å². The average molecular weight is 536 g/mol. The van der Waals surface area contributed by atoms with Gasteiger partial charge in [-0.1, -0.05) is 20.8 Å². The molecule has 3 rings (SSSR count). The maximum absolute atomic E-state index is 13.4. The van der Waals surface area contributed by atoms with E-state index < -0.39 is 19.9 Å². The minimum absolute atomic E-state index is 0.0426.